The van der Waals surface area contributed by atoms with Crippen LogP contribution in [0.2, 0.25) is 0 Å². The van der Waals surface area contributed by atoms with Crippen LogP contribution in [0.5, 0.6) is 5.75 Å². The van der Waals surface area contributed by atoms with E-state index in [0.29, 0.717) is 12.5 Å². The van der Waals surface area contributed by atoms with E-state index in [0.717, 1.165) is 17.7 Å². The summed E-state index contributed by atoms with van der Waals surface area (Å²) in [4.78, 5) is 0. The lowest BCUT2D eigenvalue weighted by Crippen LogP contribution is -2.09. The summed E-state index contributed by atoms with van der Waals surface area (Å²) in [7, 11) is 1.70. The molecule has 2 rings (SSSR count). The first-order chi connectivity index (χ1) is 9.26. The van der Waals surface area contributed by atoms with Crippen LogP contribution in [0.25, 0.3) is 0 Å². The molecule has 0 aliphatic heterocycles. The first-order valence-corrected chi connectivity index (χ1v) is 6.65. The van der Waals surface area contributed by atoms with Crippen molar-refractivity contribution < 1.29 is 4.74 Å². The second kappa shape index (κ2) is 6.39. The van der Waals surface area contributed by atoms with E-state index in [2.05, 4.69) is 43.3 Å². The van der Waals surface area contributed by atoms with E-state index in [1.807, 2.05) is 12.1 Å². The van der Waals surface area contributed by atoms with Gasteiger partial charge in [-0.1, -0.05) is 42.5 Å². The second-order valence-corrected chi connectivity index (χ2v) is 4.77. The highest BCUT2D eigenvalue weighted by atomic mass is 16.5. The Morgan fingerprint density at radius 1 is 1.05 bits per heavy atom. The standard InChI is InChI=1S/C17H21NO/c1-13-12-15(8-9-17(13)19-2)16(10-11-18)14-6-4-3-5-7-14/h3-9,12,16H,10-11,18H2,1-2H3. The molecule has 2 aromatic carbocycles. The van der Waals surface area contributed by atoms with Gasteiger partial charge >= 0.3 is 0 Å². The molecule has 2 aromatic rings. The smallest absolute Gasteiger partial charge is 0.121 e. The van der Waals surface area contributed by atoms with E-state index in [9.17, 15) is 0 Å². The molecule has 0 saturated heterocycles. The summed E-state index contributed by atoms with van der Waals surface area (Å²) in [5.41, 5.74) is 9.56. The molecule has 0 spiro atoms. The third kappa shape index (κ3) is 3.15. The van der Waals surface area contributed by atoms with Gasteiger partial charge in [-0.25, -0.2) is 0 Å². The van der Waals surface area contributed by atoms with Gasteiger partial charge in [0.2, 0.25) is 0 Å². The molecular weight excluding hydrogens is 234 g/mol. The molecular formula is C17H21NO. The van der Waals surface area contributed by atoms with E-state index in [1.165, 1.54) is 11.1 Å². The Kier molecular flexibility index (Phi) is 4.58. The van der Waals surface area contributed by atoms with Crippen LogP contribution >= 0.6 is 0 Å². The summed E-state index contributed by atoms with van der Waals surface area (Å²) in [5, 5.41) is 0. The van der Waals surface area contributed by atoms with Gasteiger partial charge in [-0.2, -0.15) is 0 Å². The van der Waals surface area contributed by atoms with Gasteiger partial charge in [0.1, 0.15) is 5.75 Å². The molecule has 0 aromatic heterocycles. The molecule has 19 heavy (non-hydrogen) atoms. The van der Waals surface area contributed by atoms with Crippen LogP contribution < -0.4 is 10.5 Å². The Balaban J connectivity index is 2.37. The quantitative estimate of drug-likeness (QED) is 0.887. The van der Waals surface area contributed by atoms with Crippen molar-refractivity contribution in [2.45, 2.75) is 19.3 Å². The van der Waals surface area contributed by atoms with Crippen LogP contribution in [0, 0.1) is 6.92 Å². The number of rotatable bonds is 5. The highest BCUT2D eigenvalue weighted by Gasteiger charge is 2.14. The van der Waals surface area contributed by atoms with Gasteiger partial charge < -0.3 is 10.5 Å². The molecule has 0 bridgehead atoms. The highest BCUT2D eigenvalue weighted by molar-refractivity contribution is 5.41. The van der Waals surface area contributed by atoms with E-state index in [-0.39, 0.29) is 0 Å². The van der Waals surface area contributed by atoms with Crippen LogP contribution in [0.4, 0.5) is 0 Å². The Labute approximate surface area is 115 Å². The van der Waals surface area contributed by atoms with E-state index >= 15 is 0 Å². The normalized spacial score (nSPS) is 12.2. The van der Waals surface area contributed by atoms with Crippen molar-refractivity contribution in [3.63, 3.8) is 0 Å². The number of benzene rings is 2. The van der Waals surface area contributed by atoms with E-state index in [4.69, 9.17) is 10.5 Å². The molecule has 0 aliphatic carbocycles. The highest BCUT2D eigenvalue weighted by Crippen LogP contribution is 2.30. The van der Waals surface area contributed by atoms with E-state index in [1.54, 1.807) is 7.11 Å². The van der Waals surface area contributed by atoms with E-state index < -0.39 is 0 Å². The molecule has 100 valence electrons. The lowest BCUT2D eigenvalue weighted by atomic mass is 9.88. The number of ether oxygens (including phenoxy) is 1. The molecule has 0 heterocycles. The van der Waals surface area contributed by atoms with Crippen LogP contribution in [0.1, 0.15) is 29.0 Å². The zero-order valence-electron chi connectivity index (χ0n) is 11.6. The average Bonchev–Trinajstić information content (AvgIpc) is 2.45. The van der Waals surface area contributed by atoms with Gasteiger partial charge in [0.05, 0.1) is 7.11 Å². The summed E-state index contributed by atoms with van der Waals surface area (Å²) < 4.78 is 5.32. The lowest BCUT2D eigenvalue weighted by molar-refractivity contribution is 0.411. The van der Waals surface area contributed by atoms with Crippen molar-refractivity contribution in [2.75, 3.05) is 13.7 Å². The number of nitrogens with two attached hydrogens (primary N) is 1. The minimum atomic E-state index is 0.357. The van der Waals surface area contributed by atoms with Crippen molar-refractivity contribution in [1.82, 2.24) is 0 Å². The molecule has 0 amide bonds. The maximum absolute atomic E-state index is 5.77. The molecule has 1 unspecified atom stereocenters. The summed E-state index contributed by atoms with van der Waals surface area (Å²) in [6, 6.07) is 16.9. The fourth-order valence-corrected chi connectivity index (χ4v) is 2.50. The van der Waals surface area contributed by atoms with Gasteiger partial charge in [-0.15, -0.1) is 0 Å². The molecule has 1 atom stereocenters. The predicted octanol–water partition coefficient (Wildman–Crippen LogP) is 3.48. The number of methoxy groups -OCH3 is 1. The van der Waals surface area contributed by atoms with Crippen LogP contribution in [0.15, 0.2) is 48.5 Å². The third-order valence-corrected chi connectivity index (χ3v) is 3.48. The first-order valence-electron chi connectivity index (χ1n) is 6.65. The molecule has 2 nitrogen and oxygen atoms in total. The molecule has 2 heteroatoms. The summed E-state index contributed by atoms with van der Waals surface area (Å²) >= 11 is 0. The first kappa shape index (κ1) is 13.6. The van der Waals surface area contributed by atoms with Crippen molar-refractivity contribution >= 4 is 0 Å². The zero-order valence-corrected chi connectivity index (χ0v) is 11.6. The summed E-state index contributed by atoms with van der Waals surface area (Å²) in [5.74, 6) is 1.29. The van der Waals surface area contributed by atoms with Crippen molar-refractivity contribution in [3.05, 3.63) is 65.2 Å². The van der Waals surface area contributed by atoms with Gasteiger partial charge in [0, 0.05) is 5.92 Å². The minimum absolute atomic E-state index is 0.357. The van der Waals surface area contributed by atoms with Crippen LogP contribution in [-0.4, -0.2) is 13.7 Å². The predicted molar refractivity (Wildman–Crippen MR) is 79.7 cm³/mol. The molecule has 0 fully saturated rings. The van der Waals surface area contributed by atoms with Crippen molar-refractivity contribution in [1.29, 1.82) is 0 Å². The van der Waals surface area contributed by atoms with Crippen molar-refractivity contribution in [3.8, 4) is 5.75 Å². The summed E-state index contributed by atoms with van der Waals surface area (Å²) in [6.07, 6.45) is 0.954. The SMILES string of the molecule is COc1ccc(C(CCN)c2ccccc2)cc1C. The average molecular weight is 255 g/mol. The second-order valence-electron chi connectivity index (χ2n) is 4.77. The molecule has 0 saturated carbocycles. The van der Waals surface area contributed by atoms with Gasteiger partial charge in [0.25, 0.3) is 0 Å². The Bertz CT molecular complexity index is 522. The molecule has 0 radical (unpaired) electrons. The Morgan fingerprint density at radius 2 is 1.79 bits per heavy atom. The maximum Gasteiger partial charge on any atom is 0.121 e. The summed E-state index contributed by atoms with van der Waals surface area (Å²) in [6.45, 7) is 2.76. The van der Waals surface area contributed by atoms with Gasteiger partial charge in [-0.05, 0) is 42.6 Å². The lowest BCUT2D eigenvalue weighted by Gasteiger charge is -2.18. The number of hydrogen-bond donors (Lipinski definition) is 1. The Morgan fingerprint density at radius 3 is 2.37 bits per heavy atom. The number of aryl methyl sites for hydroxylation is 1. The minimum Gasteiger partial charge on any atom is -0.496 e. The monoisotopic (exact) mass is 255 g/mol. The van der Waals surface area contributed by atoms with Crippen LogP contribution in [0.3, 0.4) is 0 Å². The Hall–Kier alpha value is -1.80. The maximum atomic E-state index is 5.77. The number of hydrogen-bond acceptors (Lipinski definition) is 2. The van der Waals surface area contributed by atoms with Gasteiger partial charge in [-0.3, -0.25) is 0 Å². The topological polar surface area (TPSA) is 35.2 Å². The largest absolute Gasteiger partial charge is 0.496 e. The fourth-order valence-electron chi connectivity index (χ4n) is 2.50. The molecule has 0 aliphatic rings. The third-order valence-electron chi connectivity index (χ3n) is 3.48. The van der Waals surface area contributed by atoms with Crippen LogP contribution in [-0.2, 0) is 0 Å². The molecule has 2 N–H and O–H groups in total. The zero-order chi connectivity index (χ0) is 13.7. The van der Waals surface area contributed by atoms with Gasteiger partial charge in [0.15, 0.2) is 0 Å². The van der Waals surface area contributed by atoms with Crippen molar-refractivity contribution in [2.24, 2.45) is 5.73 Å². The fraction of sp³-hybridized carbons (Fsp3) is 0.294.